The number of rotatable bonds is 9. The number of para-hydroxylation sites is 2. The van der Waals surface area contributed by atoms with Gasteiger partial charge in [-0.05, 0) is 36.4 Å². The SMILES string of the molecule is NC(=O)COc1ccc(C(=O)OCC(=O)Nc2ccccc2OC(F)F)cc1. The van der Waals surface area contributed by atoms with Gasteiger partial charge in [0.15, 0.2) is 13.2 Å². The Labute approximate surface area is 158 Å². The number of carbonyl (C=O) groups excluding carboxylic acids is 3. The van der Waals surface area contributed by atoms with Crippen LogP contribution < -0.4 is 20.5 Å². The highest BCUT2D eigenvalue weighted by atomic mass is 19.3. The zero-order valence-corrected chi connectivity index (χ0v) is 14.4. The molecule has 0 saturated heterocycles. The summed E-state index contributed by atoms with van der Waals surface area (Å²) in [5.41, 5.74) is 5.11. The number of primary amides is 1. The number of alkyl halides is 2. The van der Waals surface area contributed by atoms with E-state index in [1.165, 1.54) is 48.5 Å². The number of amides is 2. The molecule has 28 heavy (non-hydrogen) atoms. The van der Waals surface area contributed by atoms with E-state index >= 15 is 0 Å². The largest absolute Gasteiger partial charge is 0.484 e. The first-order chi connectivity index (χ1) is 13.3. The third-order valence-corrected chi connectivity index (χ3v) is 3.18. The smallest absolute Gasteiger partial charge is 0.387 e. The lowest BCUT2D eigenvalue weighted by molar-refractivity contribution is -0.120. The Morgan fingerprint density at radius 3 is 2.32 bits per heavy atom. The van der Waals surface area contributed by atoms with Crippen molar-refractivity contribution >= 4 is 23.5 Å². The first-order valence-corrected chi connectivity index (χ1v) is 7.87. The molecule has 0 atom stereocenters. The zero-order chi connectivity index (χ0) is 20.5. The number of nitrogens with two attached hydrogens (primary N) is 1. The van der Waals surface area contributed by atoms with E-state index in [-0.39, 0.29) is 23.6 Å². The number of halogens is 2. The Morgan fingerprint density at radius 1 is 1.00 bits per heavy atom. The molecular weight excluding hydrogens is 378 g/mol. The summed E-state index contributed by atoms with van der Waals surface area (Å²) < 4.78 is 38.9. The lowest BCUT2D eigenvalue weighted by Gasteiger charge is -2.11. The van der Waals surface area contributed by atoms with Crippen molar-refractivity contribution in [2.75, 3.05) is 18.5 Å². The van der Waals surface area contributed by atoms with E-state index in [1.807, 2.05) is 0 Å². The number of hydrogen-bond donors (Lipinski definition) is 2. The highest BCUT2D eigenvalue weighted by molar-refractivity contribution is 5.96. The van der Waals surface area contributed by atoms with Crippen molar-refractivity contribution < 1.29 is 37.4 Å². The lowest BCUT2D eigenvalue weighted by Crippen LogP contribution is -2.21. The predicted molar refractivity (Wildman–Crippen MR) is 93.1 cm³/mol. The standard InChI is InChI=1S/C18H16F2N2O6/c19-18(20)28-14-4-2-1-3-13(14)22-16(24)10-27-17(25)11-5-7-12(8-6-11)26-9-15(21)23/h1-8,18H,9-10H2,(H2,21,23)(H,22,24). The van der Waals surface area contributed by atoms with Gasteiger partial charge in [0, 0.05) is 0 Å². The van der Waals surface area contributed by atoms with Crippen LogP contribution in [0.15, 0.2) is 48.5 Å². The van der Waals surface area contributed by atoms with Gasteiger partial charge >= 0.3 is 12.6 Å². The summed E-state index contributed by atoms with van der Waals surface area (Å²) >= 11 is 0. The van der Waals surface area contributed by atoms with Crippen molar-refractivity contribution in [2.45, 2.75) is 6.61 Å². The normalized spacial score (nSPS) is 10.2. The fraction of sp³-hybridized carbons (Fsp3) is 0.167. The molecule has 2 amide bonds. The monoisotopic (exact) mass is 394 g/mol. The van der Waals surface area contributed by atoms with Gasteiger partial charge in [-0.15, -0.1) is 0 Å². The van der Waals surface area contributed by atoms with Crippen LogP contribution in [0.1, 0.15) is 10.4 Å². The Morgan fingerprint density at radius 2 is 1.68 bits per heavy atom. The van der Waals surface area contributed by atoms with Gasteiger partial charge in [-0.1, -0.05) is 12.1 Å². The third kappa shape index (κ3) is 6.56. The first-order valence-electron chi connectivity index (χ1n) is 7.87. The van der Waals surface area contributed by atoms with Gasteiger partial charge in [-0.2, -0.15) is 8.78 Å². The number of carbonyl (C=O) groups is 3. The van der Waals surface area contributed by atoms with Crippen LogP contribution in [0.25, 0.3) is 0 Å². The maximum atomic E-state index is 12.4. The summed E-state index contributed by atoms with van der Waals surface area (Å²) in [6, 6.07) is 11.2. The Kier molecular flexibility index (Phi) is 7.26. The maximum absolute atomic E-state index is 12.4. The van der Waals surface area contributed by atoms with E-state index in [9.17, 15) is 23.2 Å². The molecule has 0 unspecified atom stereocenters. The van der Waals surface area contributed by atoms with Gasteiger partial charge in [0.05, 0.1) is 11.3 Å². The fourth-order valence-electron chi connectivity index (χ4n) is 2.01. The molecule has 0 aliphatic carbocycles. The average molecular weight is 394 g/mol. The van der Waals surface area contributed by atoms with E-state index in [2.05, 4.69) is 10.1 Å². The summed E-state index contributed by atoms with van der Waals surface area (Å²) in [6.07, 6.45) is 0. The van der Waals surface area contributed by atoms with Crippen molar-refractivity contribution in [1.29, 1.82) is 0 Å². The molecule has 2 aromatic carbocycles. The third-order valence-electron chi connectivity index (χ3n) is 3.18. The van der Waals surface area contributed by atoms with E-state index < -0.39 is 31.0 Å². The van der Waals surface area contributed by atoms with Gasteiger partial charge in [-0.25, -0.2) is 4.79 Å². The van der Waals surface area contributed by atoms with Crippen molar-refractivity contribution in [2.24, 2.45) is 5.73 Å². The summed E-state index contributed by atoms with van der Waals surface area (Å²) in [5, 5.41) is 2.32. The van der Waals surface area contributed by atoms with E-state index in [0.717, 1.165) is 0 Å². The highest BCUT2D eigenvalue weighted by Crippen LogP contribution is 2.25. The molecule has 10 heteroatoms. The Balaban J connectivity index is 1.87. The van der Waals surface area contributed by atoms with Crippen molar-refractivity contribution in [3.05, 3.63) is 54.1 Å². The van der Waals surface area contributed by atoms with Crippen LogP contribution in [0.2, 0.25) is 0 Å². The summed E-state index contributed by atoms with van der Waals surface area (Å²) in [5.74, 6) is -2.06. The van der Waals surface area contributed by atoms with Crippen molar-refractivity contribution in [3.8, 4) is 11.5 Å². The van der Waals surface area contributed by atoms with Crippen LogP contribution in [0.5, 0.6) is 11.5 Å². The predicted octanol–water partition coefficient (Wildman–Crippen LogP) is 1.95. The molecule has 148 valence electrons. The molecule has 0 aliphatic heterocycles. The zero-order valence-electron chi connectivity index (χ0n) is 14.4. The molecule has 0 radical (unpaired) electrons. The second-order valence-corrected chi connectivity index (χ2v) is 5.28. The van der Waals surface area contributed by atoms with Gasteiger partial charge in [0.1, 0.15) is 11.5 Å². The molecule has 0 fully saturated rings. The molecule has 8 nitrogen and oxygen atoms in total. The molecule has 0 aromatic heterocycles. The molecule has 0 spiro atoms. The summed E-state index contributed by atoms with van der Waals surface area (Å²) in [7, 11) is 0. The van der Waals surface area contributed by atoms with Crippen LogP contribution in [-0.2, 0) is 14.3 Å². The Hall–Kier alpha value is -3.69. The second kappa shape index (κ2) is 9.86. The van der Waals surface area contributed by atoms with Crippen LogP contribution in [0.4, 0.5) is 14.5 Å². The quantitative estimate of drug-likeness (QED) is 0.628. The van der Waals surface area contributed by atoms with Crippen LogP contribution in [0.3, 0.4) is 0 Å². The summed E-state index contributed by atoms with van der Waals surface area (Å²) in [6.45, 7) is -3.99. The number of esters is 1. The number of benzene rings is 2. The average Bonchev–Trinajstić information content (AvgIpc) is 2.66. The van der Waals surface area contributed by atoms with Crippen molar-refractivity contribution in [3.63, 3.8) is 0 Å². The number of anilines is 1. The number of ether oxygens (including phenoxy) is 3. The van der Waals surface area contributed by atoms with Gasteiger partial charge in [0.2, 0.25) is 0 Å². The van der Waals surface area contributed by atoms with E-state index in [4.69, 9.17) is 15.2 Å². The minimum atomic E-state index is -3.05. The molecule has 2 rings (SSSR count). The second-order valence-electron chi connectivity index (χ2n) is 5.28. The van der Waals surface area contributed by atoms with E-state index in [0.29, 0.717) is 5.75 Å². The minimum absolute atomic E-state index is 0.0137. The number of hydrogen-bond acceptors (Lipinski definition) is 6. The molecule has 0 saturated carbocycles. The van der Waals surface area contributed by atoms with Gasteiger partial charge < -0.3 is 25.3 Å². The number of nitrogens with one attached hydrogen (secondary N) is 1. The molecular formula is C18H16F2N2O6. The molecule has 0 aliphatic rings. The summed E-state index contributed by atoms with van der Waals surface area (Å²) in [4.78, 5) is 34.5. The topological polar surface area (TPSA) is 117 Å². The van der Waals surface area contributed by atoms with Crippen LogP contribution in [0, 0.1) is 0 Å². The van der Waals surface area contributed by atoms with E-state index in [1.54, 1.807) is 0 Å². The van der Waals surface area contributed by atoms with Crippen LogP contribution in [-0.4, -0.2) is 37.6 Å². The highest BCUT2D eigenvalue weighted by Gasteiger charge is 2.14. The lowest BCUT2D eigenvalue weighted by atomic mass is 10.2. The molecule has 0 heterocycles. The fourth-order valence-corrected chi connectivity index (χ4v) is 2.01. The molecule has 3 N–H and O–H groups in total. The molecule has 0 bridgehead atoms. The van der Waals surface area contributed by atoms with Crippen LogP contribution >= 0.6 is 0 Å². The minimum Gasteiger partial charge on any atom is -0.484 e. The molecule has 2 aromatic rings. The van der Waals surface area contributed by atoms with Gasteiger partial charge in [-0.3, -0.25) is 9.59 Å². The Bertz CT molecular complexity index is 842. The first kappa shape index (κ1) is 20.6. The maximum Gasteiger partial charge on any atom is 0.387 e. The van der Waals surface area contributed by atoms with Gasteiger partial charge in [0.25, 0.3) is 11.8 Å². The van der Waals surface area contributed by atoms with Crippen molar-refractivity contribution in [1.82, 2.24) is 0 Å².